The van der Waals surface area contributed by atoms with Gasteiger partial charge in [0.05, 0.1) is 22.1 Å². The number of rotatable bonds is 9. The van der Waals surface area contributed by atoms with Gasteiger partial charge >= 0.3 is 0 Å². The number of anilines is 9. The minimum Gasteiger partial charge on any atom is -0.310 e. The molecule has 0 fully saturated rings. The lowest BCUT2D eigenvalue weighted by Gasteiger charge is -2.34. The lowest BCUT2D eigenvalue weighted by atomic mass is 9.86. The van der Waals surface area contributed by atoms with Crippen LogP contribution in [0.15, 0.2) is 170 Å². The number of hydrogen-bond acceptors (Lipinski definition) is 3. The minimum absolute atomic E-state index is 0.000104. The zero-order chi connectivity index (χ0) is 44.6. The fraction of sp³-hybridized carbons (Fsp3) is 0.276. The lowest BCUT2D eigenvalue weighted by Crippen LogP contribution is -2.18. The van der Waals surface area contributed by atoms with E-state index in [1.54, 1.807) is 0 Å². The molecule has 0 spiro atoms. The van der Waals surface area contributed by atoms with E-state index < -0.39 is 0 Å². The smallest absolute Gasteiger partial charge is 0.0888 e. The van der Waals surface area contributed by atoms with Crippen molar-refractivity contribution in [1.29, 1.82) is 0 Å². The molecular formula is C58H64ClN3. The van der Waals surface area contributed by atoms with Gasteiger partial charge in [0.2, 0.25) is 0 Å². The van der Waals surface area contributed by atoms with Crippen molar-refractivity contribution in [3.63, 3.8) is 0 Å². The fourth-order valence-electron chi connectivity index (χ4n) is 7.93. The van der Waals surface area contributed by atoms with Gasteiger partial charge in [-0.3, -0.25) is 0 Å². The third kappa shape index (κ3) is 9.64. The normalized spacial score (nSPS) is 12.3. The molecule has 3 nitrogen and oxygen atoms in total. The van der Waals surface area contributed by atoms with Crippen LogP contribution in [0.3, 0.4) is 0 Å². The van der Waals surface area contributed by atoms with Gasteiger partial charge in [-0.15, -0.1) is 0 Å². The van der Waals surface area contributed by atoms with Gasteiger partial charge in [-0.05, 0) is 129 Å². The summed E-state index contributed by atoms with van der Waals surface area (Å²) in [6, 6.07) is 61.7. The Bertz CT molecular complexity index is 2270. The van der Waals surface area contributed by atoms with Gasteiger partial charge in [-0.1, -0.05) is 180 Å². The predicted molar refractivity (Wildman–Crippen MR) is 270 cm³/mol. The Hall–Kier alpha value is -5.77. The Labute approximate surface area is 377 Å². The van der Waals surface area contributed by atoms with Crippen LogP contribution in [-0.2, 0) is 21.7 Å². The van der Waals surface area contributed by atoms with E-state index in [2.05, 4.69) is 268 Å². The summed E-state index contributed by atoms with van der Waals surface area (Å²) in [5, 5.41) is 0.634. The average Bonchev–Trinajstić information content (AvgIpc) is 3.23. The van der Waals surface area contributed by atoms with E-state index >= 15 is 0 Å². The van der Waals surface area contributed by atoms with Crippen LogP contribution in [0.25, 0.3) is 0 Å². The van der Waals surface area contributed by atoms with Gasteiger partial charge in [0.15, 0.2) is 0 Å². The molecule has 318 valence electrons. The molecule has 0 amide bonds. The van der Waals surface area contributed by atoms with Crippen molar-refractivity contribution in [3.05, 3.63) is 197 Å². The molecule has 0 aliphatic rings. The van der Waals surface area contributed by atoms with Crippen molar-refractivity contribution < 1.29 is 0 Å². The van der Waals surface area contributed by atoms with Crippen molar-refractivity contribution in [1.82, 2.24) is 0 Å². The molecule has 7 aromatic carbocycles. The molecule has 0 atom stereocenters. The largest absolute Gasteiger partial charge is 0.310 e. The van der Waals surface area contributed by atoms with Crippen LogP contribution in [0.1, 0.15) is 105 Å². The molecule has 0 N–H and O–H groups in total. The predicted octanol–water partition coefficient (Wildman–Crippen LogP) is 17.9. The van der Waals surface area contributed by atoms with Crippen LogP contribution in [0.2, 0.25) is 5.02 Å². The monoisotopic (exact) mass is 837 g/mol. The summed E-state index contributed by atoms with van der Waals surface area (Å²) in [5.41, 5.74) is 14.0. The summed E-state index contributed by atoms with van der Waals surface area (Å²) in [5.74, 6) is 0. The summed E-state index contributed by atoms with van der Waals surface area (Å²) >= 11 is 8.08. The van der Waals surface area contributed by atoms with Crippen LogP contribution in [0.5, 0.6) is 0 Å². The molecule has 7 rings (SSSR count). The third-order valence-corrected chi connectivity index (χ3v) is 12.1. The third-order valence-electron chi connectivity index (χ3n) is 11.8. The Morgan fingerprint density at radius 2 is 0.500 bits per heavy atom. The molecule has 0 bridgehead atoms. The van der Waals surface area contributed by atoms with E-state index in [9.17, 15) is 0 Å². The van der Waals surface area contributed by atoms with Crippen molar-refractivity contribution in [2.45, 2.75) is 105 Å². The summed E-state index contributed by atoms with van der Waals surface area (Å²) < 4.78 is 0. The summed E-state index contributed by atoms with van der Waals surface area (Å²) in [4.78, 5) is 6.98. The van der Waals surface area contributed by atoms with Gasteiger partial charge in [-0.25, -0.2) is 0 Å². The van der Waals surface area contributed by atoms with Crippen LogP contribution >= 0.6 is 11.6 Å². The quantitative estimate of drug-likeness (QED) is 0.143. The second-order valence-corrected chi connectivity index (χ2v) is 21.0. The molecule has 0 radical (unpaired) electrons. The average molecular weight is 839 g/mol. The van der Waals surface area contributed by atoms with E-state index in [-0.39, 0.29) is 21.7 Å². The van der Waals surface area contributed by atoms with Crippen LogP contribution in [0, 0.1) is 0 Å². The SMILES string of the molecule is CC(C)(C)c1ccc(N(c2ccc(C(C)(C)C)cc2)c2cc(N(c3ccccc3)c3ccccc3)cc(N(c3ccc(C(C)(C)C)cc3)c3ccc(C(C)(C)C)cc3)c2Cl)cc1. The molecule has 7 aromatic rings. The molecule has 0 aliphatic heterocycles. The van der Waals surface area contributed by atoms with Gasteiger partial charge in [0.25, 0.3) is 0 Å². The van der Waals surface area contributed by atoms with E-state index in [1.807, 2.05) is 0 Å². The first-order valence-electron chi connectivity index (χ1n) is 22.0. The summed E-state index contributed by atoms with van der Waals surface area (Å²) in [6.45, 7) is 27.1. The highest BCUT2D eigenvalue weighted by molar-refractivity contribution is 6.37. The Kier molecular flexibility index (Phi) is 12.3. The summed E-state index contributed by atoms with van der Waals surface area (Å²) in [6.07, 6.45) is 0. The molecular weight excluding hydrogens is 774 g/mol. The van der Waals surface area contributed by atoms with Crippen LogP contribution < -0.4 is 14.7 Å². The first kappa shape index (κ1) is 44.3. The van der Waals surface area contributed by atoms with Crippen molar-refractivity contribution in [2.24, 2.45) is 0 Å². The summed E-state index contributed by atoms with van der Waals surface area (Å²) in [7, 11) is 0. The Balaban J connectivity index is 1.57. The number of hydrogen-bond donors (Lipinski definition) is 0. The molecule has 0 saturated heterocycles. The highest BCUT2D eigenvalue weighted by atomic mass is 35.5. The molecule has 0 unspecified atom stereocenters. The van der Waals surface area contributed by atoms with Gasteiger partial charge in [0, 0.05) is 34.1 Å². The molecule has 0 aromatic heterocycles. The number of halogens is 1. The zero-order valence-electron chi connectivity index (χ0n) is 38.9. The highest BCUT2D eigenvalue weighted by Crippen LogP contribution is 2.51. The maximum absolute atomic E-state index is 8.08. The Morgan fingerprint density at radius 1 is 0.274 bits per heavy atom. The highest BCUT2D eigenvalue weighted by Gasteiger charge is 2.28. The Morgan fingerprint density at radius 3 is 0.726 bits per heavy atom. The van der Waals surface area contributed by atoms with Crippen molar-refractivity contribution >= 4 is 62.8 Å². The van der Waals surface area contributed by atoms with Gasteiger partial charge in [0.1, 0.15) is 0 Å². The molecule has 0 aliphatic carbocycles. The first-order chi connectivity index (χ1) is 29.2. The van der Waals surface area contributed by atoms with Crippen molar-refractivity contribution in [2.75, 3.05) is 14.7 Å². The van der Waals surface area contributed by atoms with E-state index in [1.165, 1.54) is 22.3 Å². The number of para-hydroxylation sites is 2. The molecule has 0 heterocycles. The van der Waals surface area contributed by atoms with Crippen LogP contribution in [0.4, 0.5) is 51.2 Å². The molecule has 0 saturated carbocycles. The topological polar surface area (TPSA) is 9.72 Å². The minimum atomic E-state index is -0.000104. The zero-order valence-corrected chi connectivity index (χ0v) is 39.6. The fourth-order valence-corrected chi connectivity index (χ4v) is 8.21. The van der Waals surface area contributed by atoms with Gasteiger partial charge in [-0.2, -0.15) is 0 Å². The lowest BCUT2D eigenvalue weighted by molar-refractivity contribution is 0.590. The van der Waals surface area contributed by atoms with Gasteiger partial charge < -0.3 is 14.7 Å². The number of benzene rings is 7. The van der Waals surface area contributed by atoms with E-state index in [0.29, 0.717) is 5.02 Å². The van der Waals surface area contributed by atoms with Crippen LogP contribution in [-0.4, -0.2) is 0 Å². The van der Waals surface area contributed by atoms with E-state index in [4.69, 9.17) is 11.6 Å². The second-order valence-electron chi connectivity index (χ2n) is 20.7. The standard InChI is InChI=1S/C58H64ClN3/c1-55(2,3)41-23-31-47(32-24-41)61(48-33-25-42(26-34-48)56(4,5)6)52-39-51(60(45-19-15-13-16-20-45)46-21-17-14-18-22-46)40-53(54(52)59)62(49-35-27-43(28-36-49)57(7,8)9)50-37-29-44(30-38-50)58(10,11)12/h13-40H,1-12H3. The second kappa shape index (κ2) is 17.2. The molecule has 4 heteroatoms. The maximum atomic E-state index is 8.08. The van der Waals surface area contributed by atoms with E-state index in [0.717, 1.165) is 51.2 Å². The maximum Gasteiger partial charge on any atom is 0.0888 e. The molecule has 62 heavy (non-hydrogen) atoms. The van der Waals surface area contributed by atoms with Crippen molar-refractivity contribution in [3.8, 4) is 0 Å². The first-order valence-corrected chi connectivity index (χ1v) is 22.3. The number of nitrogens with zero attached hydrogens (tertiary/aromatic N) is 3.